The number of nitrogens with zero attached hydrogens (tertiary/aromatic N) is 2. The van der Waals surface area contributed by atoms with Crippen LogP contribution >= 0.6 is 12.2 Å². The second-order valence-corrected chi connectivity index (χ2v) is 13.2. The van der Waals surface area contributed by atoms with E-state index in [9.17, 15) is 13.2 Å². The number of benzene rings is 4. The molecule has 1 aliphatic rings. The molecule has 1 amide bonds. The lowest BCUT2D eigenvalue weighted by atomic mass is 9.96. The Morgan fingerprint density at radius 3 is 2.07 bits per heavy atom. The molecular formula is C35H38N4O4S2. The Hall–Kier alpha value is -4.09. The number of anilines is 1. The van der Waals surface area contributed by atoms with Gasteiger partial charge < -0.3 is 10.1 Å². The second-order valence-electron chi connectivity index (χ2n) is 10.8. The van der Waals surface area contributed by atoms with Crippen molar-refractivity contribution in [1.82, 2.24) is 14.5 Å². The zero-order valence-corrected chi connectivity index (χ0v) is 26.9. The predicted octanol–water partition coefficient (Wildman–Crippen LogP) is 6.09. The van der Waals surface area contributed by atoms with Crippen LogP contribution in [0, 0.1) is 0 Å². The first kappa shape index (κ1) is 32.3. The highest BCUT2D eigenvalue weighted by atomic mass is 32.2. The number of nitrogens with one attached hydrogen (secondary N) is 2. The normalized spacial score (nSPS) is 14.2. The molecule has 10 heteroatoms. The fourth-order valence-electron chi connectivity index (χ4n) is 5.35. The van der Waals surface area contributed by atoms with Gasteiger partial charge in [-0.1, -0.05) is 80.1 Å². The van der Waals surface area contributed by atoms with Crippen molar-refractivity contribution >= 4 is 38.9 Å². The molecule has 0 atom stereocenters. The van der Waals surface area contributed by atoms with Crippen molar-refractivity contribution in [3.63, 3.8) is 0 Å². The molecule has 0 radical (unpaired) electrons. The smallest absolute Gasteiger partial charge is 0.257 e. The summed E-state index contributed by atoms with van der Waals surface area (Å²) < 4.78 is 34.3. The fourth-order valence-corrected chi connectivity index (χ4v) is 6.98. The number of thiocarbonyl (C=S) groups is 1. The maximum absolute atomic E-state index is 13.5. The summed E-state index contributed by atoms with van der Waals surface area (Å²) >= 11 is 5.34. The molecule has 1 heterocycles. The summed E-state index contributed by atoms with van der Waals surface area (Å²) in [6.07, 6.45) is 1.96. The number of piperazine rings is 1. The lowest BCUT2D eigenvalue weighted by molar-refractivity contribution is 0.0977. The average Bonchev–Trinajstić information content (AvgIpc) is 3.07. The molecule has 0 unspecified atom stereocenters. The van der Waals surface area contributed by atoms with Gasteiger partial charge in [0, 0.05) is 37.4 Å². The van der Waals surface area contributed by atoms with E-state index in [-0.39, 0.29) is 22.0 Å². The van der Waals surface area contributed by atoms with E-state index in [1.165, 1.54) is 11.1 Å². The van der Waals surface area contributed by atoms with E-state index < -0.39 is 10.0 Å². The fraction of sp³-hybridized carbons (Fsp3) is 0.257. The van der Waals surface area contributed by atoms with Crippen LogP contribution in [0.3, 0.4) is 0 Å². The van der Waals surface area contributed by atoms with Gasteiger partial charge in [-0.3, -0.25) is 15.0 Å². The number of hydrogen-bond donors (Lipinski definition) is 2. The quantitative estimate of drug-likeness (QED) is 0.151. The maximum atomic E-state index is 13.5. The van der Waals surface area contributed by atoms with Crippen molar-refractivity contribution < 1.29 is 17.9 Å². The number of carbonyl (C=O) groups excluding carboxylic acids is 1. The Morgan fingerprint density at radius 1 is 0.844 bits per heavy atom. The van der Waals surface area contributed by atoms with Crippen molar-refractivity contribution in [3.05, 3.63) is 126 Å². The minimum Gasteiger partial charge on any atom is -0.494 e. The Morgan fingerprint density at radius 2 is 1.47 bits per heavy atom. The molecule has 0 spiro atoms. The van der Waals surface area contributed by atoms with Crippen LogP contribution in [0.2, 0.25) is 0 Å². The summed E-state index contributed by atoms with van der Waals surface area (Å²) in [5.41, 5.74) is 3.35. The van der Waals surface area contributed by atoms with Crippen LogP contribution in [0.1, 0.15) is 47.3 Å². The zero-order chi connectivity index (χ0) is 31.6. The zero-order valence-electron chi connectivity index (χ0n) is 25.3. The number of sulfonamides is 1. The van der Waals surface area contributed by atoms with Crippen molar-refractivity contribution in [2.45, 2.75) is 30.7 Å². The Labute approximate surface area is 271 Å². The maximum Gasteiger partial charge on any atom is 0.257 e. The number of carbonyl (C=O) groups is 1. The summed E-state index contributed by atoms with van der Waals surface area (Å²) in [5.74, 6) is 0.258. The van der Waals surface area contributed by atoms with E-state index in [0.717, 1.165) is 12.8 Å². The first-order chi connectivity index (χ1) is 21.8. The van der Waals surface area contributed by atoms with E-state index in [0.29, 0.717) is 49.8 Å². The minimum atomic E-state index is -3.69. The lowest BCUT2D eigenvalue weighted by Gasteiger charge is -2.39. The monoisotopic (exact) mass is 642 g/mol. The third-order valence-corrected chi connectivity index (χ3v) is 9.83. The van der Waals surface area contributed by atoms with Crippen molar-refractivity contribution in [2.24, 2.45) is 0 Å². The molecule has 0 aliphatic carbocycles. The molecule has 8 nitrogen and oxygen atoms in total. The van der Waals surface area contributed by atoms with E-state index in [2.05, 4.69) is 46.7 Å². The topological polar surface area (TPSA) is 91.0 Å². The van der Waals surface area contributed by atoms with Crippen LogP contribution in [0.5, 0.6) is 5.75 Å². The number of rotatable bonds is 11. The molecule has 2 N–H and O–H groups in total. The largest absolute Gasteiger partial charge is 0.494 e. The van der Waals surface area contributed by atoms with Crippen LogP contribution in [-0.4, -0.2) is 61.4 Å². The molecule has 4 aromatic rings. The molecule has 1 saturated heterocycles. The molecule has 4 aromatic carbocycles. The number of unbranched alkanes of at least 4 members (excludes halogenated alkanes) is 1. The molecule has 0 bridgehead atoms. The summed E-state index contributed by atoms with van der Waals surface area (Å²) in [5, 5.41) is 5.73. The first-order valence-electron chi connectivity index (χ1n) is 15.1. The molecule has 0 saturated carbocycles. The minimum absolute atomic E-state index is 0.0509. The average molecular weight is 643 g/mol. The number of amides is 1. The highest BCUT2D eigenvalue weighted by molar-refractivity contribution is 7.89. The lowest BCUT2D eigenvalue weighted by Crippen LogP contribution is -2.49. The SMILES string of the molecule is CCCCOc1cccc(C(=O)NC(=S)Nc2ccc(S(=O)(=O)N3CCN(C(c4ccccc4)c4ccccc4)CC3)cc2)c1. The van der Waals surface area contributed by atoms with E-state index in [4.69, 9.17) is 17.0 Å². The van der Waals surface area contributed by atoms with Gasteiger partial charge in [0.2, 0.25) is 10.0 Å². The van der Waals surface area contributed by atoms with Gasteiger partial charge in [0.1, 0.15) is 5.75 Å². The van der Waals surface area contributed by atoms with Gasteiger partial charge in [0.05, 0.1) is 17.5 Å². The van der Waals surface area contributed by atoms with Crippen molar-refractivity contribution in [2.75, 3.05) is 38.1 Å². The Bertz CT molecular complexity index is 1640. The summed E-state index contributed by atoms with van der Waals surface area (Å²) in [7, 11) is -3.69. The highest BCUT2D eigenvalue weighted by Gasteiger charge is 2.32. The van der Waals surface area contributed by atoms with E-state index >= 15 is 0 Å². The van der Waals surface area contributed by atoms with Crippen molar-refractivity contribution in [1.29, 1.82) is 0 Å². The highest BCUT2D eigenvalue weighted by Crippen LogP contribution is 2.30. The van der Waals surface area contributed by atoms with Crippen LogP contribution in [-0.2, 0) is 10.0 Å². The third-order valence-electron chi connectivity index (χ3n) is 7.71. The van der Waals surface area contributed by atoms with Gasteiger partial charge in [-0.15, -0.1) is 0 Å². The van der Waals surface area contributed by atoms with Crippen LogP contribution in [0.25, 0.3) is 0 Å². The molecule has 234 valence electrons. The number of hydrogen-bond acceptors (Lipinski definition) is 6. The van der Waals surface area contributed by atoms with Crippen molar-refractivity contribution in [3.8, 4) is 5.75 Å². The van der Waals surface area contributed by atoms with Crippen LogP contribution in [0.4, 0.5) is 5.69 Å². The summed E-state index contributed by atoms with van der Waals surface area (Å²) in [6.45, 7) is 4.67. The molecule has 45 heavy (non-hydrogen) atoms. The van der Waals surface area contributed by atoms with Gasteiger partial charge in [0.15, 0.2) is 5.11 Å². The van der Waals surface area contributed by atoms with Gasteiger partial charge in [-0.05, 0) is 72.2 Å². The van der Waals surface area contributed by atoms with Crippen LogP contribution in [0.15, 0.2) is 114 Å². The Balaban J connectivity index is 1.17. The van der Waals surface area contributed by atoms with E-state index in [1.807, 2.05) is 42.5 Å². The van der Waals surface area contributed by atoms with Gasteiger partial charge in [-0.2, -0.15) is 4.31 Å². The second kappa shape index (κ2) is 15.3. The van der Waals surface area contributed by atoms with Crippen LogP contribution < -0.4 is 15.4 Å². The standard InChI is InChI=1S/C35H38N4O4S2/c1-2-3-25-43-31-16-10-15-29(26-31)34(40)37-35(44)36-30-17-19-32(20-18-30)45(41,42)39-23-21-38(22-24-39)33(27-11-6-4-7-12-27)28-13-8-5-9-14-28/h4-20,26,33H,2-3,21-25H2,1H3,(H2,36,37,40,44). The summed E-state index contributed by atoms with van der Waals surface area (Å²) in [6, 6.07) is 34.0. The van der Waals surface area contributed by atoms with Gasteiger partial charge in [0.25, 0.3) is 5.91 Å². The number of ether oxygens (including phenoxy) is 1. The molecule has 1 aliphatic heterocycles. The Kier molecular flexibility index (Phi) is 11.0. The van der Waals surface area contributed by atoms with E-state index in [1.54, 1.807) is 46.8 Å². The predicted molar refractivity (Wildman–Crippen MR) is 182 cm³/mol. The van der Waals surface area contributed by atoms with Gasteiger partial charge >= 0.3 is 0 Å². The molecule has 5 rings (SSSR count). The molecular weight excluding hydrogens is 605 g/mol. The molecule has 0 aromatic heterocycles. The van der Waals surface area contributed by atoms with Gasteiger partial charge in [-0.25, -0.2) is 8.42 Å². The molecule has 1 fully saturated rings. The third kappa shape index (κ3) is 8.34. The first-order valence-corrected chi connectivity index (χ1v) is 17.0. The summed E-state index contributed by atoms with van der Waals surface area (Å²) in [4.78, 5) is 15.3.